The van der Waals surface area contributed by atoms with Crippen molar-refractivity contribution in [3.05, 3.63) is 32.1 Å². The summed E-state index contributed by atoms with van der Waals surface area (Å²) in [6.07, 6.45) is 1.40. The summed E-state index contributed by atoms with van der Waals surface area (Å²) in [6.45, 7) is 1.43. The van der Waals surface area contributed by atoms with Crippen LogP contribution in [-0.2, 0) is 20.8 Å². The lowest BCUT2D eigenvalue weighted by atomic mass is 10.1. The van der Waals surface area contributed by atoms with Crippen LogP contribution in [0.5, 0.6) is 0 Å². The summed E-state index contributed by atoms with van der Waals surface area (Å²) in [5.41, 5.74) is 5.95. The van der Waals surface area contributed by atoms with Gasteiger partial charge in [-0.15, -0.1) is 22.7 Å². The van der Waals surface area contributed by atoms with Gasteiger partial charge in [-0.05, 0) is 6.92 Å². The molecule has 24 heavy (non-hydrogen) atoms. The molecule has 0 atom stereocenters. The van der Waals surface area contributed by atoms with Gasteiger partial charge in [-0.25, -0.2) is 19.4 Å². The predicted octanol–water partition coefficient (Wildman–Crippen LogP) is 2.03. The predicted molar refractivity (Wildman–Crippen MR) is 87.4 cm³/mol. The zero-order valence-electron chi connectivity index (χ0n) is 13.1. The Labute approximate surface area is 145 Å². The maximum absolute atomic E-state index is 12.0. The summed E-state index contributed by atoms with van der Waals surface area (Å²) >= 11 is 2.05. The van der Waals surface area contributed by atoms with Crippen molar-refractivity contribution in [2.75, 3.05) is 20.0 Å². The van der Waals surface area contributed by atoms with E-state index >= 15 is 0 Å². The molecule has 0 saturated carbocycles. The smallest absolute Gasteiger partial charge is 0.350 e. The van der Waals surface area contributed by atoms with Gasteiger partial charge >= 0.3 is 17.9 Å². The number of nitrogens with zero attached hydrogens (tertiary/aromatic N) is 1. The fourth-order valence-corrected chi connectivity index (χ4v) is 3.52. The van der Waals surface area contributed by atoms with Gasteiger partial charge in [-0.3, -0.25) is 0 Å². The molecule has 0 saturated heterocycles. The first-order valence-electron chi connectivity index (χ1n) is 6.56. The minimum Gasteiger partial charge on any atom is -0.465 e. The number of thiazole rings is 1. The van der Waals surface area contributed by atoms with Crippen LogP contribution < -0.4 is 5.73 Å². The second-order valence-corrected chi connectivity index (χ2v) is 6.74. The molecule has 0 aliphatic heterocycles. The van der Waals surface area contributed by atoms with Crippen molar-refractivity contribution in [1.29, 1.82) is 0 Å². The van der Waals surface area contributed by atoms with Crippen LogP contribution in [0.4, 0.5) is 5.00 Å². The summed E-state index contributed by atoms with van der Waals surface area (Å²) in [7, 11) is 2.39. The molecule has 0 spiro atoms. The number of thiophene rings is 1. The van der Waals surface area contributed by atoms with Crippen LogP contribution in [-0.4, -0.2) is 37.1 Å². The molecule has 2 heterocycles. The number of hydrogen-bond donors (Lipinski definition) is 1. The molecule has 0 unspecified atom stereocenters. The first-order chi connectivity index (χ1) is 11.4. The van der Waals surface area contributed by atoms with Crippen LogP contribution >= 0.6 is 22.7 Å². The van der Waals surface area contributed by atoms with Crippen molar-refractivity contribution < 1.29 is 28.6 Å². The van der Waals surface area contributed by atoms with Crippen molar-refractivity contribution in [2.45, 2.75) is 13.5 Å². The SMILES string of the molecule is COC(=O)c1sc(N)c(C(=O)OC)c1COC(=O)c1cnc(C)s1. The number of aromatic nitrogens is 1. The van der Waals surface area contributed by atoms with Gasteiger partial charge in [0.1, 0.15) is 26.9 Å². The highest BCUT2D eigenvalue weighted by molar-refractivity contribution is 7.18. The molecule has 2 rings (SSSR count). The Kier molecular flexibility index (Phi) is 5.52. The van der Waals surface area contributed by atoms with Crippen LogP contribution in [0.2, 0.25) is 0 Å². The van der Waals surface area contributed by atoms with Gasteiger partial charge in [0, 0.05) is 5.56 Å². The number of ether oxygens (including phenoxy) is 3. The third kappa shape index (κ3) is 3.54. The summed E-state index contributed by atoms with van der Waals surface area (Å²) in [6, 6.07) is 0. The van der Waals surface area contributed by atoms with E-state index in [2.05, 4.69) is 14.5 Å². The fraction of sp³-hybridized carbons (Fsp3) is 0.286. The fourth-order valence-electron chi connectivity index (χ4n) is 1.87. The Hall–Kier alpha value is -2.46. The molecular weight excluding hydrogens is 356 g/mol. The quantitative estimate of drug-likeness (QED) is 0.627. The summed E-state index contributed by atoms with van der Waals surface area (Å²) < 4.78 is 14.5. The summed E-state index contributed by atoms with van der Waals surface area (Å²) in [4.78, 5) is 40.2. The normalized spacial score (nSPS) is 10.3. The van der Waals surface area contributed by atoms with E-state index in [1.165, 1.54) is 31.8 Å². The Morgan fingerprint density at radius 1 is 1.12 bits per heavy atom. The van der Waals surface area contributed by atoms with Crippen molar-refractivity contribution in [1.82, 2.24) is 4.98 Å². The Balaban J connectivity index is 2.31. The molecule has 10 heteroatoms. The molecule has 0 fully saturated rings. The van der Waals surface area contributed by atoms with E-state index in [-0.39, 0.29) is 27.6 Å². The minimum absolute atomic E-state index is 0.00353. The summed E-state index contributed by atoms with van der Waals surface area (Å²) in [5.74, 6) is -2.02. The van der Waals surface area contributed by atoms with E-state index in [1.54, 1.807) is 6.92 Å². The van der Waals surface area contributed by atoms with Gasteiger partial charge in [0.05, 0.1) is 25.4 Å². The zero-order chi connectivity index (χ0) is 17.9. The molecule has 0 aromatic carbocycles. The molecule has 0 radical (unpaired) electrons. The third-order valence-corrected chi connectivity index (χ3v) is 4.90. The number of hydrogen-bond acceptors (Lipinski definition) is 10. The highest BCUT2D eigenvalue weighted by Crippen LogP contribution is 2.33. The second kappa shape index (κ2) is 7.41. The molecule has 2 aromatic rings. The molecule has 0 aliphatic rings. The Bertz CT molecular complexity index is 795. The van der Waals surface area contributed by atoms with Crippen molar-refractivity contribution in [3.8, 4) is 0 Å². The van der Waals surface area contributed by atoms with E-state index in [4.69, 9.17) is 10.5 Å². The zero-order valence-corrected chi connectivity index (χ0v) is 14.7. The second-order valence-electron chi connectivity index (χ2n) is 4.45. The van der Waals surface area contributed by atoms with E-state index in [9.17, 15) is 14.4 Å². The van der Waals surface area contributed by atoms with E-state index in [1.807, 2.05) is 0 Å². The average molecular weight is 370 g/mol. The molecule has 128 valence electrons. The maximum Gasteiger partial charge on any atom is 0.350 e. The van der Waals surface area contributed by atoms with Gasteiger partial charge in [-0.2, -0.15) is 0 Å². The molecule has 0 bridgehead atoms. The number of methoxy groups -OCH3 is 2. The van der Waals surface area contributed by atoms with Crippen LogP contribution in [0.1, 0.15) is 40.3 Å². The maximum atomic E-state index is 12.0. The monoisotopic (exact) mass is 370 g/mol. The van der Waals surface area contributed by atoms with Crippen LogP contribution in [0.3, 0.4) is 0 Å². The van der Waals surface area contributed by atoms with Crippen LogP contribution in [0.25, 0.3) is 0 Å². The van der Waals surface area contributed by atoms with E-state index in [0.29, 0.717) is 9.88 Å². The lowest BCUT2D eigenvalue weighted by molar-refractivity contribution is 0.0457. The van der Waals surface area contributed by atoms with Gasteiger partial charge < -0.3 is 19.9 Å². The van der Waals surface area contributed by atoms with Crippen molar-refractivity contribution in [2.24, 2.45) is 0 Å². The van der Waals surface area contributed by atoms with Gasteiger partial charge in [0.15, 0.2) is 0 Å². The first-order valence-corrected chi connectivity index (χ1v) is 8.19. The van der Waals surface area contributed by atoms with Crippen LogP contribution in [0, 0.1) is 6.92 Å². The Morgan fingerprint density at radius 2 is 1.79 bits per heavy atom. The highest BCUT2D eigenvalue weighted by atomic mass is 32.1. The molecular formula is C14H14N2O6S2. The number of esters is 3. The molecule has 0 amide bonds. The molecule has 2 aromatic heterocycles. The molecule has 2 N–H and O–H groups in total. The van der Waals surface area contributed by atoms with E-state index < -0.39 is 17.9 Å². The van der Waals surface area contributed by atoms with Crippen molar-refractivity contribution >= 4 is 45.6 Å². The lowest BCUT2D eigenvalue weighted by Gasteiger charge is -2.07. The minimum atomic E-state index is -0.724. The van der Waals surface area contributed by atoms with Gasteiger partial charge in [-0.1, -0.05) is 0 Å². The number of anilines is 1. The molecule has 0 aliphatic carbocycles. The van der Waals surface area contributed by atoms with Crippen molar-refractivity contribution in [3.63, 3.8) is 0 Å². The molecule has 8 nitrogen and oxygen atoms in total. The van der Waals surface area contributed by atoms with Crippen LogP contribution in [0.15, 0.2) is 6.20 Å². The number of nitrogens with two attached hydrogens (primary N) is 1. The number of aryl methyl sites for hydroxylation is 1. The number of nitrogen functional groups attached to an aromatic ring is 1. The average Bonchev–Trinajstić information content (AvgIpc) is 3.14. The Morgan fingerprint density at radius 3 is 2.33 bits per heavy atom. The summed E-state index contributed by atoms with van der Waals surface area (Å²) in [5, 5.41) is 0.800. The van der Waals surface area contributed by atoms with Gasteiger partial charge in [0.25, 0.3) is 0 Å². The van der Waals surface area contributed by atoms with E-state index in [0.717, 1.165) is 11.3 Å². The third-order valence-electron chi connectivity index (χ3n) is 2.96. The lowest BCUT2D eigenvalue weighted by Crippen LogP contribution is -2.12. The topological polar surface area (TPSA) is 118 Å². The first kappa shape index (κ1) is 17.9. The van der Waals surface area contributed by atoms with Gasteiger partial charge in [0.2, 0.25) is 0 Å². The standard InChI is InChI=1S/C14H14N2O6S2/c1-6-16-4-8(23-6)12(17)22-5-7-9(13(18)20-2)11(15)24-10(7)14(19)21-3/h4H,5,15H2,1-3H3. The number of rotatable bonds is 5. The number of carbonyl (C=O) groups is 3. The number of carbonyl (C=O) groups excluding carboxylic acids is 3. The highest BCUT2D eigenvalue weighted by Gasteiger charge is 2.28. The largest absolute Gasteiger partial charge is 0.465 e.